The molecule has 3 rings (SSSR count). The number of likely N-dealkylation sites (N-methyl/N-ethyl adjacent to an activating group) is 1. The second-order valence-electron chi connectivity index (χ2n) is 5.87. The Labute approximate surface area is 140 Å². The van der Waals surface area contributed by atoms with E-state index >= 15 is 0 Å². The smallest absolute Gasteiger partial charge is 0.128 e. The predicted molar refractivity (Wildman–Crippen MR) is 96.1 cm³/mol. The van der Waals surface area contributed by atoms with Gasteiger partial charge in [-0.15, -0.1) is 11.3 Å². The lowest BCUT2D eigenvalue weighted by Gasteiger charge is -2.16. The van der Waals surface area contributed by atoms with Crippen molar-refractivity contribution in [2.45, 2.75) is 12.7 Å². The van der Waals surface area contributed by atoms with E-state index in [-0.39, 0.29) is 0 Å². The number of fused-ring (bicyclic) bond motifs is 1. The van der Waals surface area contributed by atoms with E-state index in [4.69, 9.17) is 4.74 Å². The van der Waals surface area contributed by atoms with Crippen molar-refractivity contribution in [3.05, 3.63) is 65.0 Å². The molecule has 0 fully saturated rings. The Balaban J connectivity index is 1.89. The van der Waals surface area contributed by atoms with E-state index in [0.717, 1.165) is 27.0 Å². The Morgan fingerprint density at radius 1 is 1.09 bits per heavy atom. The zero-order valence-electron chi connectivity index (χ0n) is 13.4. The van der Waals surface area contributed by atoms with Crippen LogP contribution in [0, 0.1) is 0 Å². The van der Waals surface area contributed by atoms with Crippen LogP contribution < -0.4 is 4.74 Å². The zero-order valence-corrected chi connectivity index (χ0v) is 14.2. The summed E-state index contributed by atoms with van der Waals surface area (Å²) in [5.74, 6) is 0.834. The highest BCUT2D eigenvalue weighted by Gasteiger charge is 2.17. The Hall–Kier alpha value is -1.88. The van der Waals surface area contributed by atoms with Crippen molar-refractivity contribution in [3.8, 4) is 5.75 Å². The third-order valence-corrected chi connectivity index (χ3v) is 4.69. The zero-order chi connectivity index (χ0) is 16.2. The van der Waals surface area contributed by atoms with E-state index in [1.807, 2.05) is 54.7 Å². The van der Waals surface area contributed by atoms with Crippen molar-refractivity contribution in [3.63, 3.8) is 0 Å². The molecular formula is C19H21NO2S. The molecule has 0 bridgehead atoms. The molecule has 0 amide bonds. The van der Waals surface area contributed by atoms with Gasteiger partial charge in [0.05, 0.1) is 6.10 Å². The van der Waals surface area contributed by atoms with Crippen molar-refractivity contribution >= 4 is 21.4 Å². The van der Waals surface area contributed by atoms with Gasteiger partial charge in [0.2, 0.25) is 0 Å². The van der Waals surface area contributed by atoms with Gasteiger partial charge in [-0.3, -0.25) is 0 Å². The average Bonchev–Trinajstić information content (AvgIpc) is 2.98. The highest BCUT2D eigenvalue weighted by atomic mass is 32.1. The molecule has 0 aliphatic heterocycles. The standard InChI is InChI=1S/C19H21NO2S/c1-20(2)11-16(21)15-13-23-18-10-6-9-17(19(15)18)22-12-14-7-4-3-5-8-14/h3-10,13,16,21H,11-12H2,1-2H3. The van der Waals surface area contributed by atoms with Crippen LogP contribution in [0.15, 0.2) is 53.9 Å². The lowest BCUT2D eigenvalue weighted by molar-refractivity contribution is 0.140. The fourth-order valence-electron chi connectivity index (χ4n) is 2.62. The van der Waals surface area contributed by atoms with Gasteiger partial charge >= 0.3 is 0 Å². The van der Waals surface area contributed by atoms with E-state index in [2.05, 4.69) is 18.2 Å². The van der Waals surface area contributed by atoms with E-state index in [0.29, 0.717) is 13.2 Å². The van der Waals surface area contributed by atoms with E-state index in [1.54, 1.807) is 11.3 Å². The molecule has 0 spiro atoms. The Bertz CT molecular complexity index is 767. The molecule has 1 heterocycles. The highest BCUT2D eigenvalue weighted by Crippen LogP contribution is 2.37. The molecular weight excluding hydrogens is 306 g/mol. The number of hydrogen-bond acceptors (Lipinski definition) is 4. The summed E-state index contributed by atoms with van der Waals surface area (Å²) in [4.78, 5) is 1.99. The quantitative estimate of drug-likeness (QED) is 0.740. The number of nitrogens with zero attached hydrogens (tertiary/aromatic N) is 1. The lowest BCUT2D eigenvalue weighted by atomic mass is 10.1. The first-order valence-corrected chi connectivity index (χ1v) is 8.52. The second kappa shape index (κ2) is 7.13. The maximum atomic E-state index is 10.5. The number of benzene rings is 2. The fraction of sp³-hybridized carbons (Fsp3) is 0.263. The highest BCUT2D eigenvalue weighted by molar-refractivity contribution is 7.17. The molecule has 1 unspecified atom stereocenters. The summed E-state index contributed by atoms with van der Waals surface area (Å²) in [7, 11) is 3.93. The maximum Gasteiger partial charge on any atom is 0.128 e. The van der Waals surface area contributed by atoms with Crippen LogP contribution in [-0.2, 0) is 6.61 Å². The summed E-state index contributed by atoms with van der Waals surface area (Å²) in [6.45, 7) is 1.12. The van der Waals surface area contributed by atoms with Gasteiger partial charge in [0.25, 0.3) is 0 Å². The van der Waals surface area contributed by atoms with Gasteiger partial charge in [-0.05, 0) is 37.2 Å². The minimum absolute atomic E-state index is 0.514. The van der Waals surface area contributed by atoms with Gasteiger partial charge in [-0.1, -0.05) is 36.4 Å². The van der Waals surface area contributed by atoms with Crippen LogP contribution in [0.2, 0.25) is 0 Å². The molecule has 1 N–H and O–H groups in total. The first-order valence-electron chi connectivity index (χ1n) is 7.65. The number of thiophene rings is 1. The van der Waals surface area contributed by atoms with Crippen LogP contribution in [0.1, 0.15) is 17.2 Å². The first-order chi connectivity index (χ1) is 11.1. The molecule has 1 atom stereocenters. The van der Waals surface area contributed by atoms with Crippen molar-refractivity contribution < 1.29 is 9.84 Å². The van der Waals surface area contributed by atoms with Crippen LogP contribution in [-0.4, -0.2) is 30.6 Å². The molecule has 0 radical (unpaired) electrons. The van der Waals surface area contributed by atoms with E-state index in [9.17, 15) is 5.11 Å². The van der Waals surface area contributed by atoms with Crippen LogP contribution in [0.4, 0.5) is 0 Å². The number of aliphatic hydroxyl groups is 1. The summed E-state index contributed by atoms with van der Waals surface area (Å²) in [5.41, 5.74) is 2.08. The summed E-state index contributed by atoms with van der Waals surface area (Å²) in [6.07, 6.45) is -0.514. The summed E-state index contributed by atoms with van der Waals surface area (Å²) < 4.78 is 7.18. The molecule has 0 aliphatic carbocycles. The van der Waals surface area contributed by atoms with Crippen molar-refractivity contribution in [2.75, 3.05) is 20.6 Å². The van der Waals surface area contributed by atoms with Gasteiger partial charge in [-0.2, -0.15) is 0 Å². The van der Waals surface area contributed by atoms with Crippen molar-refractivity contribution in [1.29, 1.82) is 0 Å². The lowest BCUT2D eigenvalue weighted by Crippen LogP contribution is -2.19. The van der Waals surface area contributed by atoms with Gasteiger partial charge < -0.3 is 14.7 Å². The Morgan fingerprint density at radius 3 is 2.61 bits per heavy atom. The Kier molecular flexibility index (Phi) is 4.96. The summed E-state index contributed by atoms with van der Waals surface area (Å²) in [6, 6.07) is 16.2. The fourth-order valence-corrected chi connectivity index (χ4v) is 3.65. The average molecular weight is 327 g/mol. The normalized spacial score (nSPS) is 12.7. The SMILES string of the molecule is CN(C)CC(O)c1csc2cccc(OCc3ccccc3)c12. The predicted octanol–water partition coefficient (Wildman–Crippen LogP) is 4.08. The maximum absolute atomic E-state index is 10.5. The van der Waals surface area contributed by atoms with Crippen LogP contribution in [0.25, 0.3) is 10.1 Å². The third-order valence-electron chi connectivity index (χ3n) is 3.72. The molecule has 120 valence electrons. The van der Waals surface area contributed by atoms with Gasteiger partial charge in [0.1, 0.15) is 12.4 Å². The Morgan fingerprint density at radius 2 is 1.87 bits per heavy atom. The van der Waals surface area contributed by atoms with Gasteiger partial charge in [0, 0.05) is 22.2 Å². The molecule has 0 saturated carbocycles. The van der Waals surface area contributed by atoms with Crippen LogP contribution >= 0.6 is 11.3 Å². The minimum atomic E-state index is -0.514. The largest absolute Gasteiger partial charge is 0.488 e. The van der Waals surface area contributed by atoms with Gasteiger partial charge in [-0.25, -0.2) is 0 Å². The molecule has 3 nitrogen and oxygen atoms in total. The van der Waals surface area contributed by atoms with Crippen LogP contribution in [0.3, 0.4) is 0 Å². The van der Waals surface area contributed by atoms with Crippen molar-refractivity contribution in [1.82, 2.24) is 4.90 Å². The van der Waals surface area contributed by atoms with Gasteiger partial charge in [0.15, 0.2) is 0 Å². The second-order valence-corrected chi connectivity index (χ2v) is 6.78. The monoisotopic (exact) mass is 327 g/mol. The number of ether oxygens (including phenoxy) is 1. The number of aliphatic hydroxyl groups excluding tert-OH is 1. The summed E-state index contributed by atoms with van der Waals surface area (Å²) >= 11 is 1.65. The van der Waals surface area contributed by atoms with E-state index in [1.165, 1.54) is 0 Å². The molecule has 4 heteroatoms. The third kappa shape index (κ3) is 3.72. The number of rotatable bonds is 6. The molecule has 3 aromatic rings. The topological polar surface area (TPSA) is 32.7 Å². The minimum Gasteiger partial charge on any atom is -0.488 e. The molecule has 0 aliphatic rings. The first kappa shape index (κ1) is 16.0. The number of hydrogen-bond donors (Lipinski definition) is 1. The van der Waals surface area contributed by atoms with Crippen molar-refractivity contribution in [2.24, 2.45) is 0 Å². The molecule has 1 aromatic heterocycles. The summed E-state index contributed by atoms with van der Waals surface area (Å²) in [5, 5.41) is 13.6. The molecule has 2 aromatic carbocycles. The van der Waals surface area contributed by atoms with Crippen LogP contribution in [0.5, 0.6) is 5.75 Å². The molecule has 0 saturated heterocycles. The molecule has 23 heavy (non-hydrogen) atoms. The van der Waals surface area contributed by atoms with E-state index < -0.39 is 6.10 Å².